The highest BCUT2D eigenvalue weighted by Crippen LogP contribution is 2.00. The van der Waals surface area contributed by atoms with Gasteiger partial charge in [-0.25, -0.2) is 9.59 Å². The summed E-state index contributed by atoms with van der Waals surface area (Å²) in [5.41, 5.74) is 5.61. The highest BCUT2D eigenvalue weighted by Gasteiger charge is 2.17. The van der Waals surface area contributed by atoms with Crippen molar-refractivity contribution < 1.29 is 19.2 Å². The van der Waals surface area contributed by atoms with E-state index in [-0.39, 0.29) is 6.54 Å². The Labute approximate surface area is 101 Å². The minimum Gasteiger partial charge on any atom is -0.416 e. The summed E-state index contributed by atoms with van der Waals surface area (Å²) in [4.78, 5) is 26.2. The van der Waals surface area contributed by atoms with Crippen molar-refractivity contribution in [1.82, 2.24) is 5.06 Å². The van der Waals surface area contributed by atoms with Crippen molar-refractivity contribution >= 4 is 34.8 Å². The van der Waals surface area contributed by atoms with Crippen LogP contribution in [0.15, 0.2) is 11.8 Å². The number of amides is 2. The van der Waals surface area contributed by atoms with Gasteiger partial charge in [0.05, 0.1) is 12.8 Å². The third-order valence-electron chi connectivity index (χ3n) is 1.09. The molecule has 2 amide bonds. The highest BCUT2D eigenvalue weighted by molar-refractivity contribution is 14.1. The van der Waals surface area contributed by atoms with Crippen LogP contribution in [0.25, 0.3) is 0 Å². The summed E-state index contributed by atoms with van der Waals surface area (Å²) in [6.45, 7) is 3.76. The first-order chi connectivity index (χ1) is 6.97. The van der Waals surface area contributed by atoms with Gasteiger partial charge in [0.2, 0.25) is 0 Å². The van der Waals surface area contributed by atoms with Crippen LogP contribution in [0.1, 0.15) is 13.8 Å². The van der Waals surface area contributed by atoms with Crippen LogP contribution in [0.2, 0.25) is 0 Å². The van der Waals surface area contributed by atoms with E-state index in [0.29, 0.717) is 4.43 Å². The molecular formula is C8H13IN2O4. The highest BCUT2D eigenvalue weighted by atomic mass is 127. The van der Waals surface area contributed by atoms with Crippen LogP contribution in [0.5, 0.6) is 0 Å². The maximum absolute atomic E-state index is 11.3. The fourth-order valence-corrected chi connectivity index (χ4v) is 1.02. The van der Waals surface area contributed by atoms with E-state index in [2.05, 4.69) is 4.84 Å². The minimum absolute atomic E-state index is 0.221. The lowest BCUT2D eigenvalue weighted by Crippen LogP contribution is -2.36. The maximum Gasteiger partial charge on any atom is 0.448 e. The first-order valence-corrected chi connectivity index (χ1v) is 5.64. The second kappa shape index (κ2) is 7.32. The summed E-state index contributed by atoms with van der Waals surface area (Å²) < 4.78 is 5.30. The molecule has 15 heavy (non-hydrogen) atoms. The third-order valence-corrected chi connectivity index (χ3v) is 1.57. The van der Waals surface area contributed by atoms with Gasteiger partial charge in [-0.3, -0.25) is 0 Å². The number of rotatable bonds is 3. The number of hydrogen-bond acceptors (Lipinski definition) is 4. The van der Waals surface area contributed by atoms with Crippen molar-refractivity contribution in [1.29, 1.82) is 0 Å². The number of carbonyl (C=O) groups is 2. The summed E-state index contributed by atoms with van der Waals surface area (Å²) in [7, 11) is 0. The molecule has 0 aromatic heterocycles. The Morgan fingerprint density at radius 1 is 1.47 bits per heavy atom. The Morgan fingerprint density at radius 3 is 2.47 bits per heavy atom. The average molecular weight is 328 g/mol. The van der Waals surface area contributed by atoms with Crippen LogP contribution in [-0.2, 0) is 9.57 Å². The molecule has 2 N–H and O–H groups in total. The van der Waals surface area contributed by atoms with Gasteiger partial charge in [0.1, 0.15) is 0 Å². The van der Waals surface area contributed by atoms with Crippen LogP contribution in [-0.4, -0.2) is 28.2 Å². The Bertz CT molecular complexity index is 263. The number of nitrogens with zero attached hydrogens (tertiary/aromatic N) is 1. The molecule has 0 aliphatic carbocycles. The van der Waals surface area contributed by atoms with Gasteiger partial charge in [-0.15, -0.1) is 5.06 Å². The molecule has 6 nitrogen and oxygen atoms in total. The first kappa shape index (κ1) is 14.0. The molecule has 0 aromatic rings. The van der Waals surface area contributed by atoms with E-state index in [1.165, 1.54) is 6.26 Å². The van der Waals surface area contributed by atoms with Crippen molar-refractivity contribution in [3.8, 4) is 0 Å². The zero-order chi connectivity index (χ0) is 11.8. The average Bonchev–Trinajstić information content (AvgIpc) is 2.12. The Morgan fingerprint density at radius 2 is 2.07 bits per heavy atom. The zero-order valence-corrected chi connectivity index (χ0v) is 10.7. The molecule has 0 aliphatic heterocycles. The van der Waals surface area contributed by atoms with E-state index in [4.69, 9.17) is 10.5 Å². The molecule has 0 unspecified atom stereocenters. The van der Waals surface area contributed by atoms with Gasteiger partial charge >= 0.3 is 12.2 Å². The number of primary amides is 1. The number of alkyl halides is 1. The third kappa shape index (κ3) is 7.00. The standard InChI is InChI=1S/C8H13IN2O4/c1-6(2)5-14-8(13)11(4-3-9)15-7(10)12/h5H,3-4H2,1-2H3,(H2,10,12). The monoisotopic (exact) mass is 328 g/mol. The lowest BCUT2D eigenvalue weighted by Gasteiger charge is -2.17. The molecule has 0 saturated heterocycles. The minimum atomic E-state index is -1.05. The van der Waals surface area contributed by atoms with Gasteiger partial charge < -0.3 is 15.3 Å². The Hall–Kier alpha value is -0.990. The van der Waals surface area contributed by atoms with Crippen molar-refractivity contribution in [3.63, 3.8) is 0 Å². The normalized spacial score (nSPS) is 9.00. The molecule has 0 radical (unpaired) electrons. The van der Waals surface area contributed by atoms with Crippen LogP contribution < -0.4 is 5.73 Å². The number of allylic oxidation sites excluding steroid dienone is 1. The van der Waals surface area contributed by atoms with Crippen molar-refractivity contribution in [2.45, 2.75) is 13.8 Å². The summed E-state index contributed by atoms with van der Waals surface area (Å²) in [6.07, 6.45) is -0.548. The van der Waals surface area contributed by atoms with Gasteiger partial charge in [0.25, 0.3) is 0 Å². The van der Waals surface area contributed by atoms with E-state index in [9.17, 15) is 9.59 Å². The Kier molecular flexibility index (Phi) is 6.84. The molecule has 0 fully saturated rings. The number of ether oxygens (including phenoxy) is 1. The molecule has 86 valence electrons. The number of nitrogens with two attached hydrogens (primary N) is 1. The first-order valence-electron chi connectivity index (χ1n) is 4.12. The van der Waals surface area contributed by atoms with E-state index in [0.717, 1.165) is 10.6 Å². The van der Waals surface area contributed by atoms with Gasteiger partial charge in [0, 0.05) is 4.43 Å². The number of hydrogen-bond donors (Lipinski definition) is 1. The molecule has 7 heteroatoms. The largest absolute Gasteiger partial charge is 0.448 e. The molecule has 0 aliphatic rings. The fourth-order valence-electron chi connectivity index (χ4n) is 0.587. The van der Waals surface area contributed by atoms with Gasteiger partial charge in [-0.1, -0.05) is 22.6 Å². The smallest absolute Gasteiger partial charge is 0.416 e. The predicted octanol–water partition coefficient (Wildman–Crippen LogP) is 1.79. The topological polar surface area (TPSA) is 81.9 Å². The van der Waals surface area contributed by atoms with Gasteiger partial charge in [-0.2, -0.15) is 0 Å². The van der Waals surface area contributed by atoms with Crippen LogP contribution in [0.4, 0.5) is 9.59 Å². The molecule has 0 atom stereocenters. The second-order valence-corrected chi connectivity index (χ2v) is 3.86. The second-order valence-electron chi connectivity index (χ2n) is 2.78. The van der Waals surface area contributed by atoms with E-state index < -0.39 is 12.2 Å². The number of carbonyl (C=O) groups excluding carboxylic acids is 2. The van der Waals surface area contributed by atoms with Crippen LogP contribution >= 0.6 is 22.6 Å². The number of halogens is 1. The van der Waals surface area contributed by atoms with Gasteiger partial charge in [-0.05, 0) is 19.4 Å². The summed E-state index contributed by atoms with van der Waals surface area (Å²) in [5.74, 6) is 0. The summed E-state index contributed by atoms with van der Waals surface area (Å²) in [5, 5.41) is 0.772. The lowest BCUT2D eigenvalue weighted by atomic mass is 10.4. The number of hydroxylamine groups is 2. The van der Waals surface area contributed by atoms with Gasteiger partial charge in [0.15, 0.2) is 0 Å². The molecule has 0 heterocycles. The van der Waals surface area contributed by atoms with E-state index in [1.807, 2.05) is 22.6 Å². The van der Waals surface area contributed by atoms with Crippen molar-refractivity contribution in [3.05, 3.63) is 11.8 Å². The molecule has 0 aromatic carbocycles. The van der Waals surface area contributed by atoms with Crippen molar-refractivity contribution in [2.75, 3.05) is 11.0 Å². The summed E-state index contributed by atoms with van der Waals surface area (Å²) >= 11 is 2.03. The molecule has 0 rings (SSSR count). The predicted molar refractivity (Wildman–Crippen MR) is 62.2 cm³/mol. The van der Waals surface area contributed by atoms with Crippen LogP contribution in [0.3, 0.4) is 0 Å². The van der Waals surface area contributed by atoms with E-state index in [1.54, 1.807) is 13.8 Å². The van der Waals surface area contributed by atoms with Crippen LogP contribution in [0, 0.1) is 0 Å². The zero-order valence-electron chi connectivity index (χ0n) is 8.53. The van der Waals surface area contributed by atoms with E-state index >= 15 is 0 Å². The summed E-state index contributed by atoms with van der Waals surface area (Å²) in [6, 6.07) is 0. The molecular weight excluding hydrogens is 315 g/mol. The Balaban J connectivity index is 4.28. The quantitative estimate of drug-likeness (QED) is 0.371. The lowest BCUT2D eigenvalue weighted by molar-refractivity contribution is -0.0680. The molecule has 0 saturated carbocycles. The fraction of sp³-hybridized carbons (Fsp3) is 0.500. The maximum atomic E-state index is 11.3. The molecule has 0 spiro atoms. The SMILES string of the molecule is CC(C)=COC(=O)N(CCI)OC(N)=O. The molecule has 0 bridgehead atoms. The van der Waals surface area contributed by atoms with Crippen molar-refractivity contribution in [2.24, 2.45) is 5.73 Å².